The number of hydrogen-bond donors (Lipinski definition) is 1. The molecule has 1 N–H and O–H groups in total. The molecule has 0 spiro atoms. The van der Waals surface area contributed by atoms with Crippen molar-refractivity contribution in [3.8, 4) is 34.8 Å². The minimum absolute atomic E-state index is 0.0365. The third-order valence-electron chi connectivity index (χ3n) is 4.80. The maximum absolute atomic E-state index is 13.8. The highest BCUT2D eigenvalue weighted by Crippen LogP contribution is 2.34. The van der Waals surface area contributed by atoms with Crippen molar-refractivity contribution in [3.05, 3.63) is 52.3 Å². The molecule has 0 aliphatic heterocycles. The van der Waals surface area contributed by atoms with Gasteiger partial charge in [0, 0.05) is 11.6 Å². The molecule has 0 unspecified atom stereocenters. The summed E-state index contributed by atoms with van der Waals surface area (Å²) < 4.78 is 36.4. The maximum atomic E-state index is 13.8. The lowest BCUT2D eigenvalue weighted by atomic mass is 10.1. The Morgan fingerprint density at radius 1 is 1.11 bits per heavy atom. The lowest BCUT2D eigenvalue weighted by Gasteiger charge is -2.11. The summed E-state index contributed by atoms with van der Waals surface area (Å²) in [6, 6.07) is 7.38. The number of rotatable bonds is 9. The number of carboxylic acid groups (broad SMARTS) is 1. The van der Waals surface area contributed by atoms with Crippen molar-refractivity contribution in [2.45, 2.75) is 27.2 Å². The molecule has 0 aliphatic rings. The zero-order valence-electron chi connectivity index (χ0n) is 19.1. The zero-order valence-corrected chi connectivity index (χ0v) is 19.9. The first kappa shape index (κ1) is 24.2. The molecule has 0 saturated heterocycles. The Morgan fingerprint density at radius 3 is 2.51 bits per heavy atom. The van der Waals surface area contributed by atoms with Gasteiger partial charge >= 0.3 is 12.0 Å². The number of carbonyl (C=O) groups is 1. The van der Waals surface area contributed by atoms with Gasteiger partial charge in [-0.25, -0.2) is 14.2 Å². The molecule has 0 amide bonds. The highest BCUT2D eigenvalue weighted by Gasteiger charge is 2.20. The van der Waals surface area contributed by atoms with E-state index in [9.17, 15) is 9.18 Å². The zero-order chi connectivity index (χ0) is 25.1. The van der Waals surface area contributed by atoms with Crippen molar-refractivity contribution in [1.82, 2.24) is 15.0 Å². The van der Waals surface area contributed by atoms with Crippen LogP contribution in [0.5, 0.6) is 23.4 Å². The van der Waals surface area contributed by atoms with E-state index in [4.69, 9.17) is 35.3 Å². The number of halogens is 2. The Morgan fingerprint density at radius 2 is 1.86 bits per heavy atom. The van der Waals surface area contributed by atoms with Gasteiger partial charge in [0.05, 0.1) is 11.6 Å². The molecule has 9 nitrogen and oxygen atoms in total. The highest BCUT2D eigenvalue weighted by atomic mass is 35.5. The van der Waals surface area contributed by atoms with Gasteiger partial charge in [0.15, 0.2) is 12.1 Å². The van der Waals surface area contributed by atoms with Crippen LogP contribution in [-0.2, 0) is 4.79 Å². The van der Waals surface area contributed by atoms with Gasteiger partial charge in [-0.05, 0) is 55.7 Å². The second kappa shape index (κ2) is 10.1. The van der Waals surface area contributed by atoms with Crippen LogP contribution in [0.4, 0.5) is 4.39 Å². The SMILES string of the molecule is CCCOc1nc(Oc2ccc(Cl)c(F)c2)nc2oc(-c3cc(C)c(OCC(=O)O)c(C)c3)nc12. The number of carboxylic acids is 1. The molecule has 11 heteroatoms. The largest absolute Gasteiger partial charge is 0.481 e. The molecule has 0 aliphatic carbocycles. The predicted octanol–water partition coefficient (Wildman–Crippen LogP) is 5.74. The van der Waals surface area contributed by atoms with Gasteiger partial charge in [-0.3, -0.25) is 0 Å². The molecular weight excluding hydrogens is 481 g/mol. The highest BCUT2D eigenvalue weighted by molar-refractivity contribution is 6.30. The molecule has 0 bridgehead atoms. The minimum atomic E-state index is -1.07. The first-order valence-electron chi connectivity index (χ1n) is 10.7. The quantitative estimate of drug-likeness (QED) is 0.306. The molecule has 182 valence electrons. The van der Waals surface area contributed by atoms with Crippen LogP contribution in [0.25, 0.3) is 22.7 Å². The number of fused-ring (bicyclic) bond motifs is 1. The van der Waals surface area contributed by atoms with Crippen molar-refractivity contribution < 1.29 is 32.9 Å². The monoisotopic (exact) mass is 501 g/mol. The molecule has 2 heterocycles. The van der Waals surface area contributed by atoms with E-state index < -0.39 is 18.4 Å². The van der Waals surface area contributed by atoms with Crippen LogP contribution in [0.2, 0.25) is 5.02 Å². The van der Waals surface area contributed by atoms with Crippen molar-refractivity contribution >= 4 is 28.8 Å². The maximum Gasteiger partial charge on any atom is 0.341 e. The van der Waals surface area contributed by atoms with Crippen molar-refractivity contribution in [1.29, 1.82) is 0 Å². The molecule has 0 saturated carbocycles. The number of ether oxygens (including phenoxy) is 3. The fraction of sp³-hybridized carbons (Fsp3) is 0.250. The molecule has 0 atom stereocenters. The first-order chi connectivity index (χ1) is 16.7. The van der Waals surface area contributed by atoms with E-state index in [1.54, 1.807) is 26.0 Å². The third kappa shape index (κ3) is 5.43. The van der Waals surface area contributed by atoms with Gasteiger partial charge in [-0.1, -0.05) is 18.5 Å². The van der Waals surface area contributed by atoms with Crippen LogP contribution in [0.15, 0.2) is 34.7 Å². The van der Waals surface area contributed by atoms with Gasteiger partial charge in [-0.2, -0.15) is 9.97 Å². The number of benzene rings is 2. The summed E-state index contributed by atoms with van der Waals surface area (Å²) in [4.78, 5) is 23.9. The van der Waals surface area contributed by atoms with Gasteiger partial charge < -0.3 is 23.7 Å². The Kier molecular flexibility index (Phi) is 7.02. The first-order valence-corrected chi connectivity index (χ1v) is 11.0. The average Bonchev–Trinajstić information content (AvgIpc) is 3.23. The van der Waals surface area contributed by atoms with Gasteiger partial charge in [0.25, 0.3) is 11.6 Å². The smallest absolute Gasteiger partial charge is 0.341 e. The second-order valence-electron chi connectivity index (χ2n) is 7.63. The van der Waals surface area contributed by atoms with E-state index in [0.29, 0.717) is 34.6 Å². The summed E-state index contributed by atoms with van der Waals surface area (Å²) in [5.74, 6) is -0.673. The fourth-order valence-corrected chi connectivity index (χ4v) is 3.45. The van der Waals surface area contributed by atoms with E-state index in [2.05, 4.69) is 15.0 Å². The Bertz CT molecular complexity index is 1380. The summed E-state index contributed by atoms with van der Waals surface area (Å²) in [5.41, 5.74) is 2.47. The number of nitrogens with zero attached hydrogens (tertiary/aromatic N) is 3. The number of aromatic nitrogens is 3. The molecule has 35 heavy (non-hydrogen) atoms. The lowest BCUT2D eigenvalue weighted by molar-refractivity contribution is -0.139. The lowest BCUT2D eigenvalue weighted by Crippen LogP contribution is -2.10. The minimum Gasteiger partial charge on any atom is -0.481 e. The van der Waals surface area contributed by atoms with Gasteiger partial charge in [0.1, 0.15) is 17.3 Å². The molecular formula is C24H21ClFN3O6. The third-order valence-corrected chi connectivity index (χ3v) is 5.10. The van der Waals surface area contributed by atoms with Gasteiger partial charge in [0.2, 0.25) is 5.89 Å². The van der Waals surface area contributed by atoms with Crippen molar-refractivity contribution in [3.63, 3.8) is 0 Å². The van der Waals surface area contributed by atoms with Crippen LogP contribution in [0.3, 0.4) is 0 Å². The summed E-state index contributed by atoms with van der Waals surface area (Å²) in [5, 5.41) is 8.85. The number of hydrogen-bond acceptors (Lipinski definition) is 8. The standard InChI is InChI=1S/C24H21ClFN3O6/c1-4-7-32-22-19-23(29-24(28-22)34-15-5-6-16(25)17(26)10-15)35-21(27-19)14-8-12(2)20(13(3)9-14)33-11-18(30)31/h5-6,8-10H,4,7,11H2,1-3H3,(H,30,31). The van der Waals surface area contributed by atoms with E-state index in [-0.39, 0.29) is 34.3 Å². The molecule has 0 radical (unpaired) electrons. The van der Waals surface area contributed by atoms with Crippen LogP contribution in [0.1, 0.15) is 24.5 Å². The van der Waals surface area contributed by atoms with E-state index in [1.807, 2.05) is 6.92 Å². The van der Waals surface area contributed by atoms with Crippen LogP contribution in [-0.4, -0.2) is 39.2 Å². The Labute approximate surface area is 204 Å². The Balaban J connectivity index is 1.72. The average molecular weight is 502 g/mol. The van der Waals surface area contributed by atoms with Gasteiger partial charge in [-0.15, -0.1) is 0 Å². The predicted molar refractivity (Wildman–Crippen MR) is 125 cm³/mol. The van der Waals surface area contributed by atoms with Crippen molar-refractivity contribution in [2.75, 3.05) is 13.2 Å². The normalized spacial score (nSPS) is 11.0. The van der Waals surface area contributed by atoms with E-state index in [0.717, 1.165) is 12.5 Å². The fourth-order valence-electron chi connectivity index (χ4n) is 3.33. The topological polar surface area (TPSA) is 117 Å². The van der Waals surface area contributed by atoms with Crippen molar-refractivity contribution in [2.24, 2.45) is 0 Å². The van der Waals surface area contributed by atoms with E-state index >= 15 is 0 Å². The summed E-state index contributed by atoms with van der Waals surface area (Å²) in [7, 11) is 0. The number of aliphatic carboxylic acids is 1. The second-order valence-corrected chi connectivity index (χ2v) is 8.04. The summed E-state index contributed by atoms with van der Waals surface area (Å²) >= 11 is 5.73. The van der Waals surface area contributed by atoms with E-state index in [1.165, 1.54) is 12.1 Å². The van der Waals surface area contributed by atoms with Crippen LogP contribution < -0.4 is 14.2 Å². The van der Waals surface area contributed by atoms with Crippen LogP contribution in [0, 0.1) is 19.7 Å². The summed E-state index contributed by atoms with van der Waals surface area (Å²) in [6.45, 7) is 5.46. The van der Waals surface area contributed by atoms with Crippen LogP contribution >= 0.6 is 11.6 Å². The molecule has 2 aromatic heterocycles. The molecule has 4 rings (SSSR count). The molecule has 4 aromatic rings. The number of aryl methyl sites for hydroxylation is 2. The molecule has 2 aromatic carbocycles. The Hall–Kier alpha value is -3.92. The number of oxazole rings is 1. The molecule has 0 fully saturated rings. The summed E-state index contributed by atoms with van der Waals surface area (Å²) in [6.07, 6.45) is 0.727.